The zero-order chi connectivity index (χ0) is 9.82. The van der Waals surface area contributed by atoms with E-state index in [1.807, 2.05) is 6.29 Å². The van der Waals surface area contributed by atoms with Crippen LogP contribution in [0, 0.1) is 13.3 Å². The molecule has 0 atom stereocenters. The maximum absolute atomic E-state index is 9.60. The topological polar surface area (TPSA) is 40.9 Å². The van der Waals surface area contributed by atoms with Crippen molar-refractivity contribution in [2.75, 3.05) is 6.54 Å². The molecule has 0 aliphatic rings. The Morgan fingerprint density at radius 3 is 1.80 bits per heavy atom. The Balaban J connectivity index is -0.0000000424. The molecule has 0 aromatic heterocycles. The summed E-state index contributed by atoms with van der Waals surface area (Å²) in [5, 5.41) is 0. The largest absolute Gasteiger partial charge is 2.00 e. The SMILES string of the molecule is C[C-](C)C.[CH3-].[NH-]CCCCC[C-]=O.[W+2].[Y]. The molecule has 0 aliphatic heterocycles. The van der Waals surface area contributed by atoms with Crippen molar-refractivity contribution in [1.82, 2.24) is 0 Å². The van der Waals surface area contributed by atoms with E-state index in [9.17, 15) is 4.79 Å². The molecule has 0 unspecified atom stereocenters. The van der Waals surface area contributed by atoms with Gasteiger partial charge in [0.1, 0.15) is 0 Å². The minimum Gasteiger partial charge on any atom is -0.677 e. The summed E-state index contributed by atoms with van der Waals surface area (Å²) >= 11 is 0. The average molecular weight is 458 g/mol. The van der Waals surface area contributed by atoms with Crippen LogP contribution < -0.4 is 0 Å². The number of carbonyl (C=O) groups excluding carboxylic acids is 1. The Labute approximate surface area is 136 Å². The summed E-state index contributed by atoms with van der Waals surface area (Å²) in [6, 6.07) is 0. The molecule has 1 radical (unpaired) electrons. The smallest absolute Gasteiger partial charge is 0.677 e. The summed E-state index contributed by atoms with van der Waals surface area (Å²) in [7, 11) is 0. The second-order valence-corrected chi connectivity index (χ2v) is 3.20. The Kier molecular flexibility index (Phi) is 58.9. The van der Waals surface area contributed by atoms with Gasteiger partial charge in [-0.15, -0.1) is 0 Å². The number of hydrogen-bond donors (Lipinski definition) is 0. The van der Waals surface area contributed by atoms with E-state index >= 15 is 0 Å². The van der Waals surface area contributed by atoms with Gasteiger partial charge in [0.15, 0.2) is 0 Å². The van der Waals surface area contributed by atoms with E-state index in [0.717, 1.165) is 19.3 Å². The first kappa shape index (κ1) is 29.9. The summed E-state index contributed by atoms with van der Waals surface area (Å²) in [5.74, 6) is 1.42. The fourth-order valence-electron chi connectivity index (χ4n) is 0.499. The summed E-state index contributed by atoms with van der Waals surface area (Å²) < 4.78 is 0. The van der Waals surface area contributed by atoms with Crippen LogP contribution in [0.1, 0.15) is 46.5 Å². The minimum atomic E-state index is 0. The number of unbranched alkanes of at least 4 members (excludes halogenated alkanes) is 3. The van der Waals surface area contributed by atoms with Gasteiger partial charge >= 0.3 is 21.1 Å². The number of hydrogen-bond acceptors (Lipinski definition) is 1. The molecule has 0 aliphatic carbocycles. The van der Waals surface area contributed by atoms with E-state index in [2.05, 4.69) is 20.8 Å². The third-order valence-electron chi connectivity index (χ3n) is 0.956. The molecular formula is C11H23NOWY-2. The fraction of sp³-hybridized carbons (Fsp3) is 0.727. The van der Waals surface area contributed by atoms with Gasteiger partial charge in [0.05, 0.1) is 0 Å². The minimum absolute atomic E-state index is 0. The van der Waals surface area contributed by atoms with Crippen LogP contribution in [-0.2, 0) is 58.6 Å². The maximum Gasteiger partial charge on any atom is 2.00 e. The standard InChI is InChI=1S/C6H11NO.C4H9.CH3.W.Y/c7-5-3-1-2-4-6-8;1-4(2)3;;;/h7H,1-5H2;1-3H3;1H3;;/q-2;2*-1;+2;. The summed E-state index contributed by atoms with van der Waals surface area (Å²) in [6.45, 7) is 6.73. The molecule has 0 heterocycles. The van der Waals surface area contributed by atoms with Gasteiger partial charge in [0.2, 0.25) is 0 Å². The normalized spacial score (nSPS) is 7.27. The number of nitrogens with one attached hydrogen (secondary N) is 1. The van der Waals surface area contributed by atoms with E-state index in [1.165, 1.54) is 5.92 Å². The van der Waals surface area contributed by atoms with Crippen molar-refractivity contribution in [3.8, 4) is 0 Å². The van der Waals surface area contributed by atoms with Crippen LogP contribution in [0.5, 0.6) is 0 Å². The molecule has 4 heteroatoms. The molecule has 15 heavy (non-hydrogen) atoms. The Hall–Kier alpha value is 1.42. The van der Waals surface area contributed by atoms with Gasteiger partial charge < -0.3 is 23.9 Å². The summed E-state index contributed by atoms with van der Waals surface area (Å²) in [4.78, 5) is 9.60. The molecule has 89 valence electrons. The molecule has 0 fully saturated rings. The van der Waals surface area contributed by atoms with Gasteiger partial charge in [0.25, 0.3) is 0 Å². The molecule has 0 aromatic rings. The van der Waals surface area contributed by atoms with Crippen molar-refractivity contribution in [3.63, 3.8) is 0 Å². The van der Waals surface area contributed by atoms with Crippen LogP contribution in [0.4, 0.5) is 0 Å². The number of rotatable bonds is 5. The average Bonchev–Trinajstić information content (AvgIpc) is 1.97. The third kappa shape index (κ3) is 67.4. The van der Waals surface area contributed by atoms with Gasteiger partial charge in [-0.1, -0.05) is 19.3 Å². The molecule has 0 saturated heterocycles. The molecule has 2 nitrogen and oxygen atoms in total. The second kappa shape index (κ2) is 29.5. The molecule has 0 saturated carbocycles. The summed E-state index contributed by atoms with van der Waals surface area (Å²) in [5.41, 5.74) is 6.74. The first-order chi connectivity index (χ1) is 5.65. The molecule has 0 amide bonds. The van der Waals surface area contributed by atoms with E-state index in [-0.39, 0.29) is 61.2 Å². The van der Waals surface area contributed by atoms with Gasteiger partial charge in [-0.3, -0.25) is 6.29 Å². The van der Waals surface area contributed by atoms with Crippen LogP contribution in [0.25, 0.3) is 5.73 Å². The van der Waals surface area contributed by atoms with Crippen molar-refractivity contribution in [2.24, 2.45) is 0 Å². The van der Waals surface area contributed by atoms with Crippen LogP contribution in [0.3, 0.4) is 0 Å². The van der Waals surface area contributed by atoms with E-state index in [4.69, 9.17) is 5.73 Å². The molecule has 1 N–H and O–H groups in total. The van der Waals surface area contributed by atoms with Crippen LogP contribution in [0.2, 0.25) is 0 Å². The summed E-state index contributed by atoms with van der Waals surface area (Å²) in [6.07, 6.45) is 5.18. The molecule has 0 bridgehead atoms. The second-order valence-electron chi connectivity index (χ2n) is 3.20. The Morgan fingerprint density at radius 1 is 1.13 bits per heavy atom. The fourth-order valence-corrected chi connectivity index (χ4v) is 0.499. The third-order valence-corrected chi connectivity index (χ3v) is 0.956. The Morgan fingerprint density at radius 2 is 1.53 bits per heavy atom. The van der Waals surface area contributed by atoms with Crippen LogP contribution in [0.15, 0.2) is 0 Å². The van der Waals surface area contributed by atoms with Crippen molar-refractivity contribution in [3.05, 3.63) is 19.1 Å². The predicted molar refractivity (Wildman–Crippen MR) is 60.0 cm³/mol. The van der Waals surface area contributed by atoms with Gasteiger partial charge in [-0.25, -0.2) is 0 Å². The van der Waals surface area contributed by atoms with Crippen LogP contribution >= 0.6 is 0 Å². The van der Waals surface area contributed by atoms with Crippen molar-refractivity contribution in [1.29, 1.82) is 0 Å². The Bertz CT molecular complexity index is 89.9. The first-order valence-electron chi connectivity index (χ1n) is 4.41. The van der Waals surface area contributed by atoms with Crippen LogP contribution in [-0.4, -0.2) is 12.8 Å². The molecule has 0 rings (SSSR count). The van der Waals surface area contributed by atoms with Crippen molar-refractivity contribution >= 4 is 6.29 Å². The molecule has 0 spiro atoms. The molecular weight excluding hydrogens is 435 g/mol. The zero-order valence-corrected chi connectivity index (χ0v) is 16.2. The van der Waals surface area contributed by atoms with Gasteiger partial charge in [0, 0.05) is 32.7 Å². The van der Waals surface area contributed by atoms with E-state index in [0.29, 0.717) is 13.0 Å². The van der Waals surface area contributed by atoms with E-state index < -0.39 is 0 Å². The monoisotopic (exact) mass is 458 g/mol. The van der Waals surface area contributed by atoms with Crippen molar-refractivity contribution in [2.45, 2.75) is 46.5 Å². The maximum atomic E-state index is 9.60. The predicted octanol–water partition coefficient (Wildman–Crippen LogP) is 3.77. The molecule has 0 aromatic carbocycles. The van der Waals surface area contributed by atoms with Gasteiger partial charge in [-0.2, -0.15) is 33.7 Å². The zero-order valence-electron chi connectivity index (χ0n) is 10.4. The van der Waals surface area contributed by atoms with Crippen molar-refractivity contribution < 1.29 is 58.6 Å². The quantitative estimate of drug-likeness (QED) is 0.457. The van der Waals surface area contributed by atoms with Gasteiger partial charge in [-0.05, 0) is 0 Å². The first-order valence-corrected chi connectivity index (χ1v) is 4.41. The van der Waals surface area contributed by atoms with E-state index in [1.54, 1.807) is 0 Å².